The molecule has 0 aliphatic carbocycles. The number of aromatic amines is 1. The molecule has 0 unspecified atom stereocenters. The van der Waals surface area contributed by atoms with Gasteiger partial charge in [0.15, 0.2) is 5.43 Å². The van der Waals surface area contributed by atoms with Gasteiger partial charge in [-0.1, -0.05) is 57.0 Å². The summed E-state index contributed by atoms with van der Waals surface area (Å²) in [5, 5.41) is 9.89. The highest BCUT2D eigenvalue weighted by Gasteiger charge is 2.17. The Morgan fingerprint density at radius 2 is 1.73 bits per heavy atom. The lowest BCUT2D eigenvalue weighted by atomic mass is 9.95. The minimum atomic E-state index is -1.01. The Hall–Kier alpha value is -2.88. The first-order chi connectivity index (χ1) is 12.6. The standard InChI is InChI=1S/C22H23NO3/c1-3-8-15-12-16(22(25)26)13-17-20(15)23-18(9-4-2)19(21(17)24)14-10-6-5-7-11-14/h5-7,10-13H,3-4,8-9H2,1-2H3,(H,23,24)(H,25,26). The van der Waals surface area contributed by atoms with Crippen LogP contribution >= 0.6 is 0 Å². The van der Waals surface area contributed by atoms with Gasteiger partial charge in [-0.3, -0.25) is 4.79 Å². The van der Waals surface area contributed by atoms with Crippen LogP contribution in [0.15, 0.2) is 47.3 Å². The summed E-state index contributed by atoms with van der Waals surface area (Å²) in [6, 6.07) is 12.8. The number of rotatable bonds is 6. The van der Waals surface area contributed by atoms with Crippen molar-refractivity contribution in [3.8, 4) is 11.1 Å². The molecule has 0 saturated carbocycles. The number of aromatic nitrogens is 1. The van der Waals surface area contributed by atoms with Gasteiger partial charge in [-0.2, -0.15) is 0 Å². The molecule has 2 N–H and O–H groups in total. The summed E-state index contributed by atoms with van der Waals surface area (Å²) in [5.41, 5.74) is 4.13. The molecule has 2 aromatic carbocycles. The number of hydrogen-bond donors (Lipinski definition) is 2. The van der Waals surface area contributed by atoms with Crippen LogP contribution in [0, 0.1) is 0 Å². The van der Waals surface area contributed by atoms with E-state index in [9.17, 15) is 14.7 Å². The second kappa shape index (κ2) is 7.56. The van der Waals surface area contributed by atoms with E-state index in [-0.39, 0.29) is 11.0 Å². The summed E-state index contributed by atoms with van der Waals surface area (Å²) in [7, 11) is 0. The number of H-pyrrole nitrogens is 1. The zero-order chi connectivity index (χ0) is 18.7. The minimum absolute atomic E-state index is 0.103. The van der Waals surface area contributed by atoms with Crippen molar-refractivity contribution in [3.63, 3.8) is 0 Å². The average molecular weight is 349 g/mol. The molecule has 3 aromatic rings. The number of fused-ring (bicyclic) bond motifs is 1. The summed E-state index contributed by atoms with van der Waals surface area (Å²) in [5.74, 6) is -1.01. The van der Waals surface area contributed by atoms with Crippen molar-refractivity contribution in [2.75, 3.05) is 0 Å². The molecule has 0 radical (unpaired) electrons. The SMILES string of the molecule is CCCc1[nH]c2c(CCC)cc(C(=O)O)cc2c(=O)c1-c1ccccc1. The molecule has 0 aliphatic heterocycles. The molecule has 0 bridgehead atoms. The van der Waals surface area contributed by atoms with E-state index < -0.39 is 5.97 Å². The number of pyridine rings is 1. The molecular formula is C22H23NO3. The zero-order valence-electron chi connectivity index (χ0n) is 15.1. The van der Waals surface area contributed by atoms with Crippen LogP contribution in [0.25, 0.3) is 22.0 Å². The lowest BCUT2D eigenvalue weighted by Crippen LogP contribution is -2.14. The third kappa shape index (κ3) is 3.27. The van der Waals surface area contributed by atoms with Crippen LogP contribution in [-0.2, 0) is 12.8 Å². The van der Waals surface area contributed by atoms with Crippen LogP contribution in [0.2, 0.25) is 0 Å². The molecule has 3 rings (SSSR count). The third-order valence-corrected chi connectivity index (χ3v) is 4.60. The largest absolute Gasteiger partial charge is 0.478 e. The molecule has 0 aliphatic rings. The monoisotopic (exact) mass is 349 g/mol. The van der Waals surface area contributed by atoms with Gasteiger partial charge < -0.3 is 10.1 Å². The molecular weight excluding hydrogens is 326 g/mol. The van der Waals surface area contributed by atoms with Gasteiger partial charge in [0.25, 0.3) is 0 Å². The maximum absolute atomic E-state index is 13.3. The topological polar surface area (TPSA) is 70.2 Å². The molecule has 0 spiro atoms. The molecule has 4 heteroatoms. The number of hydrogen-bond acceptors (Lipinski definition) is 2. The van der Waals surface area contributed by atoms with Crippen LogP contribution < -0.4 is 5.43 Å². The molecule has 4 nitrogen and oxygen atoms in total. The Morgan fingerprint density at radius 1 is 1.04 bits per heavy atom. The van der Waals surface area contributed by atoms with E-state index in [0.717, 1.165) is 48.0 Å². The van der Waals surface area contributed by atoms with Gasteiger partial charge in [-0.15, -0.1) is 0 Å². The van der Waals surface area contributed by atoms with Gasteiger partial charge in [-0.25, -0.2) is 4.79 Å². The van der Waals surface area contributed by atoms with E-state index in [1.165, 1.54) is 6.07 Å². The van der Waals surface area contributed by atoms with E-state index in [2.05, 4.69) is 11.9 Å². The van der Waals surface area contributed by atoms with Gasteiger partial charge in [-0.05, 0) is 36.1 Å². The highest BCUT2D eigenvalue weighted by Crippen LogP contribution is 2.26. The fourth-order valence-corrected chi connectivity index (χ4v) is 3.45. The fourth-order valence-electron chi connectivity index (χ4n) is 3.45. The Kier molecular flexibility index (Phi) is 5.21. The number of carbonyl (C=O) groups is 1. The normalized spacial score (nSPS) is 11.0. The first kappa shape index (κ1) is 17.9. The Morgan fingerprint density at radius 3 is 2.35 bits per heavy atom. The predicted molar refractivity (Wildman–Crippen MR) is 105 cm³/mol. The lowest BCUT2D eigenvalue weighted by Gasteiger charge is -2.14. The molecule has 1 heterocycles. The molecule has 0 saturated heterocycles. The number of aromatic carboxylic acids is 1. The first-order valence-corrected chi connectivity index (χ1v) is 9.07. The summed E-state index contributed by atoms with van der Waals surface area (Å²) in [4.78, 5) is 28.3. The summed E-state index contributed by atoms with van der Waals surface area (Å²) < 4.78 is 0. The van der Waals surface area contributed by atoms with Crippen molar-refractivity contribution in [1.29, 1.82) is 0 Å². The van der Waals surface area contributed by atoms with E-state index in [4.69, 9.17) is 0 Å². The van der Waals surface area contributed by atoms with Crippen LogP contribution in [0.3, 0.4) is 0 Å². The maximum Gasteiger partial charge on any atom is 0.335 e. The molecule has 0 atom stereocenters. The number of benzene rings is 2. The van der Waals surface area contributed by atoms with Gasteiger partial charge in [0.1, 0.15) is 0 Å². The van der Waals surface area contributed by atoms with Crippen molar-refractivity contribution in [3.05, 3.63) is 69.5 Å². The highest BCUT2D eigenvalue weighted by atomic mass is 16.4. The summed E-state index contributed by atoms with van der Waals surface area (Å²) in [6.07, 6.45) is 3.28. The minimum Gasteiger partial charge on any atom is -0.478 e. The molecule has 0 fully saturated rings. The van der Waals surface area contributed by atoms with E-state index in [1.54, 1.807) is 6.07 Å². The van der Waals surface area contributed by atoms with Crippen LogP contribution in [0.4, 0.5) is 0 Å². The number of carboxylic acid groups (broad SMARTS) is 1. The smallest absolute Gasteiger partial charge is 0.335 e. The van der Waals surface area contributed by atoms with Crippen molar-refractivity contribution >= 4 is 16.9 Å². The Balaban J connectivity index is 2.41. The predicted octanol–water partition coefficient (Wildman–Crippen LogP) is 4.80. The highest BCUT2D eigenvalue weighted by molar-refractivity contribution is 5.96. The molecule has 0 amide bonds. The summed E-state index contributed by atoms with van der Waals surface area (Å²) in [6.45, 7) is 4.13. The van der Waals surface area contributed by atoms with E-state index >= 15 is 0 Å². The quantitative estimate of drug-likeness (QED) is 0.671. The van der Waals surface area contributed by atoms with Crippen molar-refractivity contribution < 1.29 is 9.90 Å². The van der Waals surface area contributed by atoms with Crippen LogP contribution in [0.5, 0.6) is 0 Å². The van der Waals surface area contributed by atoms with E-state index in [1.807, 2.05) is 37.3 Å². The zero-order valence-corrected chi connectivity index (χ0v) is 15.1. The number of aryl methyl sites for hydroxylation is 2. The maximum atomic E-state index is 13.3. The van der Waals surface area contributed by atoms with Crippen LogP contribution in [-0.4, -0.2) is 16.1 Å². The second-order valence-electron chi connectivity index (χ2n) is 6.54. The molecule has 1 aromatic heterocycles. The molecule has 26 heavy (non-hydrogen) atoms. The van der Waals surface area contributed by atoms with Crippen LogP contribution in [0.1, 0.15) is 48.3 Å². The average Bonchev–Trinajstić information content (AvgIpc) is 2.63. The Bertz CT molecular complexity index is 1000. The van der Waals surface area contributed by atoms with Crippen molar-refractivity contribution in [2.45, 2.75) is 39.5 Å². The summed E-state index contributed by atoms with van der Waals surface area (Å²) >= 11 is 0. The van der Waals surface area contributed by atoms with Gasteiger partial charge >= 0.3 is 5.97 Å². The van der Waals surface area contributed by atoms with Gasteiger partial charge in [0.05, 0.1) is 11.1 Å². The Labute approximate surface area is 152 Å². The number of nitrogens with one attached hydrogen (secondary N) is 1. The van der Waals surface area contributed by atoms with Crippen molar-refractivity contribution in [1.82, 2.24) is 4.98 Å². The van der Waals surface area contributed by atoms with E-state index in [0.29, 0.717) is 10.9 Å². The van der Waals surface area contributed by atoms with Gasteiger partial charge in [0, 0.05) is 16.6 Å². The fraction of sp³-hybridized carbons (Fsp3) is 0.273. The third-order valence-electron chi connectivity index (χ3n) is 4.60. The molecule has 134 valence electrons. The number of carboxylic acids is 1. The lowest BCUT2D eigenvalue weighted by molar-refractivity contribution is 0.0697. The van der Waals surface area contributed by atoms with Crippen molar-refractivity contribution in [2.24, 2.45) is 0 Å². The first-order valence-electron chi connectivity index (χ1n) is 9.07. The van der Waals surface area contributed by atoms with Gasteiger partial charge in [0.2, 0.25) is 0 Å². The second-order valence-corrected chi connectivity index (χ2v) is 6.54.